The summed E-state index contributed by atoms with van der Waals surface area (Å²) in [5.41, 5.74) is 7.40. The Labute approximate surface area is 110 Å². The fourth-order valence-corrected chi connectivity index (χ4v) is 2.90. The minimum absolute atomic E-state index is 0.436. The van der Waals surface area contributed by atoms with Gasteiger partial charge in [-0.1, -0.05) is 31.9 Å². The fourth-order valence-electron chi connectivity index (χ4n) is 2.90. The minimum Gasteiger partial charge on any atom is -0.399 e. The van der Waals surface area contributed by atoms with E-state index in [1.54, 1.807) is 0 Å². The predicted molar refractivity (Wildman–Crippen MR) is 75.3 cm³/mol. The smallest absolute Gasteiger partial charge is 0.0917 e. The molecule has 18 heavy (non-hydrogen) atoms. The molecular weight excluding hydrogens is 224 g/mol. The van der Waals surface area contributed by atoms with Crippen LogP contribution in [0.15, 0.2) is 24.3 Å². The van der Waals surface area contributed by atoms with Crippen LogP contribution in [0, 0.1) is 0 Å². The number of aliphatic hydroxyl groups is 1. The van der Waals surface area contributed by atoms with E-state index in [1.165, 1.54) is 25.7 Å². The van der Waals surface area contributed by atoms with Crippen LogP contribution in [-0.2, 0) is 0 Å². The van der Waals surface area contributed by atoms with E-state index in [0.29, 0.717) is 12.6 Å². The zero-order valence-corrected chi connectivity index (χ0v) is 11.2. The van der Waals surface area contributed by atoms with Crippen molar-refractivity contribution in [3.8, 4) is 0 Å². The van der Waals surface area contributed by atoms with Crippen LogP contribution in [-0.4, -0.2) is 29.1 Å². The first-order valence-corrected chi connectivity index (χ1v) is 6.98. The number of nitrogens with zero attached hydrogens (tertiary/aromatic N) is 1. The van der Waals surface area contributed by atoms with E-state index in [2.05, 4.69) is 11.8 Å². The normalized spacial score (nSPS) is 18.4. The largest absolute Gasteiger partial charge is 0.399 e. The van der Waals surface area contributed by atoms with Crippen molar-refractivity contribution < 1.29 is 5.11 Å². The second-order valence-electron chi connectivity index (χ2n) is 5.21. The van der Waals surface area contributed by atoms with E-state index in [-0.39, 0.29) is 0 Å². The molecule has 1 saturated carbocycles. The summed E-state index contributed by atoms with van der Waals surface area (Å²) < 4.78 is 0. The third kappa shape index (κ3) is 3.24. The molecule has 1 aliphatic rings. The summed E-state index contributed by atoms with van der Waals surface area (Å²) in [6.07, 6.45) is 4.77. The molecule has 0 amide bonds. The monoisotopic (exact) mass is 248 g/mol. The molecule has 1 aromatic rings. The lowest BCUT2D eigenvalue weighted by Crippen LogP contribution is -2.36. The Morgan fingerprint density at radius 2 is 2.11 bits per heavy atom. The average Bonchev–Trinajstić information content (AvgIpc) is 2.89. The Balaban J connectivity index is 1.98. The summed E-state index contributed by atoms with van der Waals surface area (Å²) in [6.45, 7) is 3.89. The average molecular weight is 248 g/mol. The highest BCUT2D eigenvalue weighted by atomic mass is 16.3. The third-order valence-electron chi connectivity index (χ3n) is 3.95. The first kappa shape index (κ1) is 13.4. The summed E-state index contributed by atoms with van der Waals surface area (Å²) in [5, 5.41) is 10.3. The topological polar surface area (TPSA) is 49.5 Å². The van der Waals surface area contributed by atoms with Gasteiger partial charge in [-0.25, -0.2) is 0 Å². The summed E-state index contributed by atoms with van der Waals surface area (Å²) in [4.78, 5) is 2.40. The molecule has 0 heterocycles. The molecule has 1 atom stereocenters. The lowest BCUT2D eigenvalue weighted by atomic mass is 10.1. The van der Waals surface area contributed by atoms with Gasteiger partial charge in [-0.3, -0.25) is 4.90 Å². The van der Waals surface area contributed by atoms with E-state index < -0.39 is 6.10 Å². The molecule has 0 aliphatic heterocycles. The number of anilines is 1. The Bertz CT molecular complexity index is 375. The molecule has 3 heteroatoms. The molecule has 0 saturated heterocycles. The third-order valence-corrected chi connectivity index (χ3v) is 3.95. The van der Waals surface area contributed by atoms with Crippen molar-refractivity contribution in [3.05, 3.63) is 29.8 Å². The second-order valence-corrected chi connectivity index (χ2v) is 5.21. The van der Waals surface area contributed by atoms with Gasteiger partial charge in [0.2, 0.25) is 0 Å². The maximum atomic E-state index is 10.3. The van der Waals surface area contributed by atoms with Crippen molar-refractivity contribution in [3.63, 3.8) is 0 Å². The summed E-state index contributed by atoms with van der Waals surface area (Å²) in [7, 11) is 0. The van der Waals surface area contributed by atoms with Crippen molar-refractivity contribution in [2.24, 2.45) is 0 Å². The molecule has 0 spiro atoms. The predicted octanol–water partition coefficient (Wildman–Crippen LogP) is 2.57. The highest BCUT2D eigenvalue weighted by Gasteiger charge is 2.23. The van der Waals surface area contributed by atoms with Crippen LogP contribution in [0.5, 0.6) is 0 Å². The van der Waals surface area contributed by atoms with Gasteiger partial charge in [0.1, 0.15) is 0 Å². The van der Waals surface area contributed by atoms with Gasteiger partial charge < -0.3 is 10.8 Å². The number of hydrogen-bond acceptors (Lipinski definition) is 3. The number of hydrogen-bond donors (Lipinski definition) is 2. The second kappa shape index (κ2) is 6.21. The molecule has 1 fully saturated rings. The lowest BCUT2D eigenvalue weighted by Gasteiger charge is -2.29. The van der Waals surface area contributed by atoms with Crippen LogP contribution in [0.4, 0.5) is 5.69 Å². The first-order valence-electron chi connectivity index (χ1n) is 6.98. The molecule has 1 aliphatic carbocycles. The molecule has 1 aromatic carbocycles. The van der Waals surface area contributed by atoms with E-state index in [1.807, 2.05) is 24.3 Å². The van der Waals surface area contributed by atoms with Crippen LogP contribution in [0.1, 0.15) is 44.3 Å². The maximum absolute atomic E-state index is 10.3. The SMILES string of the molecule is CCN(CC(O)c1cccc(N)c1)C1CCCC1. The zero-order valence-electron chi connectivity index (χ0n) is 11.2. The van der Waals surface area contributed by atoms with Gasteiger partial charge in [0.25, 0.3) is 0 Å². The quantitative estimate of drug-likeness (QED) is 0.787. The van der Waals surface area contributed by atoms with Gasteiger partial charge in [-0.05, 0) is 37.1 Å². The molecule has 0 radical (unpaired) electrons. The zero-order chi connectivity index (χ0) is 13.0. The molecule has 3 N–H and O–H groups in total. The molecule has 2 rings (SSSR count). The number of likely N-dealkylation sites (N-methyl/N-ethyl adjacent to an activating group) is 1. The van der Waals surface area contributed by atoms with E-state index in [9.17, 15) is 5.11 Å². The molecule has 1 unspecified atom stereocenters. The molecular formula is C15H24N2O. The Hall–Kier alpha value is -1.06. The summed E-state index contributed by atoms with van der Waals surface area (Å²) in [6, 6.07) is 8.23. The molecule has 3 nitrogen and oxygen atoms in total. The lowest BCUT2D eigenvalue weighted by molar-refractivity contribution is 0.0914. The molecule has 0 bridgehead atoms. The van der Waals surface area contributed by atoms with Gasteiger partial charge >= 0.3 is 0 Å². The van der Waals surface area contributed by atoms with Crippen LogP contribution < -0.4 is 5.73 Å². The number of rotatable bonds is 5. The van der Waals surface area contributed by atoms with Gasteiger partial charge in [0.15, 0.2) is 0 Å². The number of nitrogens with two attached hydrogens (primary N) is 1. The van der Waals surface area contributed by atoms with Crippen LogP contribution in [0.2, 0.25) is 0 Å². The van der Waals surface area contributed by atoms with Crippen molar-refractivity contribution in [2.75, 3.05) is 18.8 Å². The number of benzene rings is 1. The fraction of sp³-hybridized carbons (Fsp3) is 0.600. The molecule has 0 aromatic heterocycles. The summed E-state index contributed by atoms with van der Waals surface area (Å²) >= 11 is 0. The Kier molecular flexibility index (Phi) is 4.61. The highest BCUT2D eigenvalue weighted by Crippen LogP contribution is 2.25. The summed E-state index contributed by atoms with van der Waals surface area (Å²) in [5.74, 6) is 0. The number of nitrogen functional groups attached to an aromatic ring is 1. The highest BCUT2D eigenvalue weighted by molar-refractivity contribution is 5.41. The first-order chi connectivity index (χ1) is 8.70. The van der Waals surface area contributed by atoms with Gasteiger partial charge in [0, 0.05) is 18.3 Å². The van der Waals surface area contributed by atoms with E-state index >= 15 is 0 Å². The van der Waals surface area contributed by atoms with Gasteiger partial charge in [-0.2, -0.15) is 0 Å². The minimum atomic E-state index is -0.436. The number of aliphatic hydroxyl groups excluding tert-OH is 1. The Morgan fingerprint density at radius 1 is 1.39 bits per heavy atom. The van der Waals surface area contributed by atoms with Crippen molar-refractivity contribution >= 4 is 5.69 Å². The van der Waals surface area contributed by atoms with Crippen LogP contribution >= 0.6 is 0 Å². The van der Waals surface area contributed by atoms with Crippen LogP contribution in [0.25, 0.3) is 0 Å². The van der Waals surface area contributed by atoms with Crippen molar-refractivity contribution in [1.82, 2.24) is 4.90 Å². The van der Waals surface area contributed by atoms with E-state index in [4.69, 9.17) is 5.73 Å². The standard InChI is InChI=1S/C15H24N2O/c1-2-17(14-8-3-4-9-14)11-15(18)12-6-5-7-13(16)10-12/h5-7,10,14-15,18H,2-4,8-9,11,16H2,1H3. The van der Waals surface area contributed by atoms with Crippen molar-refractivity contribution in [1.29, 1.82) is 0 Å². The van der Waals surface area contributed by atoms with Gasteiger partial charge in [0.05, 0.1) is 6.10 Å². The van der Waals surface area contributed by atoms with E-state index in [0.717, 1.165) is 17.8 Å². The van der Waals surface area contributed by atoms with Crippen LogP contribution in [0.3, 0.4) is 0 Å². The molecule has 100 valence electrons. The van der Waals surface area contributed by atoms with Gasteiger partial charge in [-0.15, -0.1) is 0 Å². The van der Waals surface area contributed by atoms with Crippen molar-refractivity contribution in [2.45, 2.75) is 44.8 Å². The Morgan fingerprint density at radius 3 is 2.72 bits per heavy atom. The maximum Gasteiger partial charge on any atom is 0.0917 e.